The molecule has 0 aromatic heterocycles. The van der Waals surface area contributed by atoms with E-state index in [1.807, 2.05) is 18.2 Å². The van der Waals surface area contributed by atoms with Crippen LogP contribution >= 0.6 is 0 Å². The summed E-state index contributed by atoms with van der Waals surface area (Å²) in [5.74, 6) is -0.769. The van der Waals surface area contributed by atoms with E-state index in [0.29, 0.717) is 29.8 Å². The Balaban J connectivity index is 1.66. The number of rotatable bonds is 4. The highest BCUT2D eigenvalue weighted by molar-refractivity contribution is 6.10. The van der Waals surface area contributed by atoms with Gasteiger partial charge in [0.2, 0.25) is 0 Å². The van der Waals surface area contributed by atoms with Gasteiger partial charge in [0.25, 0.3) is 11.8 Å². The lowest BCUT2D eigenvalue weighted by Crippen LogP contribution is -2.17. The predicted molar refractivity (Wildman–Crippen MR) is 101 cm³/mol. The maximum absolute atomic E-state index is 13.5. The fourth-order valence-electron chi connectivity index (χ4n) is 3.33. The average molecular weight is 360 g/mol. The van der Waals surface area contributed by atoms with Crippen molar-refractivity contribution in [1.82, 2.24) is 5.32 Å². The third kappa shape index (κ3) is 3.44. The Morgan fingerprint density at radius 2 is 1.85 bits per heavy atom. The van der Waals surface area contributed by atoms with Crippen LogP contribution in [0, 0.1) is 5.82 Å². The SMILES string of the molecule is O=C(Nc1ccc(Cc2cccc(F)c2)c2c1C(=O)NC2)c1ccccc1. The second kappa shape index (κ2) is 7.03. The van der Waals surface area contributed by atoms with Crippen molar-refractivity contribution in [2.24, 2.45) is 0 Å². The van der Waals surface area contributed by atoms with E-state index in [0.717, 1.165) is 16.7 Å². The minimum atomic E-state index is -0.287. The van der Waals surface area contributed by atoms with Crippen LogP contribution in [0.3, 0.4) is 0 Å². The summed E-state index contributed by atoms with van der Waals surface area (Å²) in [4.78, 5) is 24.8. The summed E-state index contributed by atoms with van der Waals surface area (Å²) in [7, 11) is 0. The molecule has 1 aliphatic rings. The topological polar surface area (TPSA) is 58.2 Å². The molecule has 4 rings (SSSR count). The first kappa shape index (κ1) is 17.0. The molecule has 2 N–H and O–H groups in total. The van der Waals surface area contributed by atoms with Gasteiger partial charge in [-0.1, -0.05) is 36.4 Å². The lowest BCUT2D eigenvalue weighted by molar-refractivity contribution is 0.0966. The van der Waals surface area contributed by atoms with Crippen molar-refractivity contribution in [2.75, 3.05) is 5.32 Å². The highest BCUT2D eigenvalue weighted by atomic mass is 19.1. The first-order valence-electron chi connectivity index (χ1n) is 8.65. The molecule has 3 aromatic carbocycles. The Hall–Kier alpha value is -3.47. The van der Waals surface area contributed by atoms with Crippen LogP contribution in [-0.2, 0) is 13.0 Å². The number of halogens is 1. The van der Waals surface area contributed by atoms with E-state index < -0.39 is 0 Å². The quantitative estimate of drug-likeness (QED) is 0.741. The Labute approximate surface area is 156 Å². The second-order valence-corrected chi connectivity index (χ2v) is 6.44. The molecule has 0 spiro atoms. The van der Waals surface area contributed by atoms with Crippen molar-refractivity contribution >= 4 is 17.5 Å². The standard InChI is InChI=1S/C22H17FN2O2/c23-17-8-4-5-14(12-17)11-16-9-10-19(20-18(16)13-24-22(20)27)25-21(26)15-6-2-1-3-7-15/h1-10,12H,11,13H2,(H,24,27)(H,25,26). The molecule has 0 bridgehead atoms. The van der Waals surface area contributed by atoms with Gasteiger partial charge in [-0.25, -0.2) is 4.39 Å². The first-order valence-corrected chi connectivity index (χ1v) is 8.65. The van der Waals surface area contributed by atoms with Gasteiger partial charge < -0.3 is 10.6 Å². The van der Waals surface area contributed by atoms with Gasteiger partial charge >= 0.3 is 0 Å². The zero-order valence-electron chi connectivity index (χ0n) is 14.5. The molecule has 1 aliphatic heterocycles. The molecular formula is C22H17FN2O2. The highest BCUT2D eigenvalue weighted by Gasteiger charge is 2.26. The van der Waals surface area contributed by atoms with Crippen LogP contribution in [0.5, 0.6) is 0 Å². The summed E-state index contributed by atoms with van der Waals surface area (Å²) in [5.41, 5.74) is 4.10. The molecular weight excluding hydrogens is 343 g/mol. The fourth-order valence-corrected chi connectivity index (χ4v) is 3.33. The minimum absolute atomic E-state index is 0.213. The number of nitrogens with one attached hydrogen (secondary N) is 2. The van der Waals surface area contributed by atoms with Crippen molar-refractivity contribution < 1.29 is 14.0 Å². The number of hydrogen-bond donors (Lipinski definition) is 2. The van der Waals surface area contributed by atoms with Crippen molar-refractivity contribution in [3.8, 4) is 0 Å². The normalized spacial score (nSPS) is 12.4. The summed E-state index contributed by atoms with van der Waals surface area (Å²) < 4.78 is 13.5. The van der Waals surface area contributed by atoms with Crippen LogP contribution in [0.25, 0.3) is 0 Å². The molecule has 0 radical (unpaired) electrons. The summed E-state index contributed by atoms with van der Waals surface area (Å²) in [5, 5.41) is 5.64. The number of hydrogen-bond acceptors (Lipinski definition) is 2. The van der Waals surface area contributed by atoms with Crippen molar-refractivity contribution in [2.45, 2.75) is 13.0 Å². The minimum Gasteiger partial charge on any atom is -0.348 e. The molecule has 0 aliphatic carbocycles. The van der Waals surface area contributed by atoms with E-state index >= 15 is 0 Å². The average Bonchev–Trinajstić information content (AvgIpc) is 3.07. The van der Waals surface area contributed by atoms with Gasteiger partial charge in [0.15, 0.2) is 0 Å². The number of benzene rings is 3. The summed E-state index contributed by atoms with van der Waals surface area (Å²) >= 11 is 0. The van der Waals surface area contributed by atoms with Gasteiger partial charge in [-0.3, -0.25) is 9.59 Å². The molecule has 0 unspecified atom stereocenters. The molecule has 27 heavy (non-hydrogen) atoms. The number of amides is 2. The molecule has 0 saturated carbocycles. The monoisotopic (exact) mass is 360 g/mol. The molecule has 0 fully saturated rings. The summed E-state index contributed by atoms with van der Waals surface area (Å²) in [6.45, 7) is 0.397. The van der Waals surface area contributed by atoms with Crippen LogP contribution in [0.4, 0.5) is 10.1 Å². The van der Waals surface area contributed by atoms with Gasteiger partial charge in [-0.05, 0) is 53.4 Å². The van der Waals surface area contributed by atoms with Crippen LogP contribution < -0.4 is 10.6 Å². The molecule has 1 heterocycles. The highest BCUT2D eigenvalue weighted by Crippen LogP contribution is 2.29. The Morgan fingerprint density at radius 3 is 2.63 bits per heavy atom. The van der Waals surface area contributed by atoms with Crippen molar-refractivity contribution in [3.63, 3.8) is 0 Å². The van der Waals surface area contributed by atoms with Gasteiger partial charge in [0.05, 0.1) is 11.3 Å². The van der Waals surface area contributed by atoms with E-state index in [4.69, 9.17) is 0 Å². The number of anilines is 1. The van der Waals surface area contributed by atoms with Crippen molar-refractivity contribution in [3.05, 3.63) is 100 Å². The van der Waals surface area contributed by atoms with E-state index in [2.05, 4.69) is 10.6 Å². The fraction of sp³-hybridized carbons (Fsp3) is 0.0909. The third-order valence-electron chi connectivity index (χ3n) is 4.63. The molecule has 134 valence electrons. The van der Waals surface area contributed by atoms with Crippen LogP contribution in [-0.4, -0.2) is 11.8 Å². The van der Waals surface area contributed by atoms with Gasteiger partial charge in [0, 0.05) is 12.1 Å². The lowest BCUT2D eigenvalue weighted by atomic mass is 9.95. The second-order valence-electron chi connectivity index (χ2n) is 6.44. The third-order valence-corrected chi connectivity index (χ3v) is 4.63. The number of fused-ring (bicyclic) bond motifs is 1. The molecule has 3 aromatic rings. The first-order chi connectivity index (χ1) is 13.1. The molecule has 4 nitrogen and oxygen atoms in total. The largest absolute Gasteiger partial charge is 0.348 e. The Bertz CT molecular complexity index is 1030. The van der Waals surface area contributed by atoms with Crippen LogP contribution in [0.1, 0.15) is 37.4 Å². The van der Waals surface area contributed by atoms with E-state index in [-0.39, 0.29) is 17.6 Å². The number of carbonyl (C=O) groups is 2. The van der Waals surface area contributed by atoms with Crippen molar-refractivity contribution in [1.29, 1.82) is 0 Å². The molecule has 2 amide bonds. The van der Waals surface area contributed by atoms with Crippen LogP contribution in [0.2, 0.25) is 0 Å². The molecule has 0 atom stereocenters. The summed E-state index contributed by atoms with van der Waals surface area (Å²) in [6.07, 6.45) is 0.516. The zero-order valence-corrected chi connectivity index (χ0v) is 14.5. The maximum atomic E-state index is 13.5. The maximum Gasteiger partial charge on any atom is 0.255 e. The predicted octanol–water partition coefficient (Wildman–Crippen LogP) is 3.91. The van der Waals surface area contributed by atoms with E-state index in [9.17, 15) is 14.0 Å². The van der Waals surface area contributed by atoms with E-state index in [1.54, 1.807) is 36.4 Å². The van der Waals surface area contributed by atoms with Gasteiger partial charge in [0.1, 0.15) is 5.82 Å². The zero-order chi connectivity index (χ0) is 18.8. The number of carbonyl (C=O) groups excluding carboxylic acids is 2. The summed E-state index contributed by atoms with van der Waals surface area (Å²) in [6, 6.07) is 18.9. The Kier molecular flexibility index (Phi) is 4.42. The molecule has 0 saturated heterocycles. The smallest absolute Gasteiger partial charge is 0.255 e. The lowest BCUT2D eigenvalue weighted by Gasteiger charge is -2.13. The van der Waals surface area contributed by atoms with E-state index in [1.165, 1.54) is 12.1 Å². The molecule has 5 heteroatoms. The van der Waals surface area contributed by atoms with Gasteiger partial charge in [-0.2, -0.15) is 0 Å². The van der Waals surface area contributed by atoms with Gasteiger partial charge in [-0.15, -0.1) is 0 Å². The Morgan fingerprint density at radius 1 is 1.04 bits per heavy atom. The van der Waals surface area contributed by atoms with Crippen LogP contribution in [0.15, 0.2) is 66.7 Å².